The molecule has 4 saturated carbocycles. The monoisotopic (exact) mass is 425 g/mol. The second kappa shape index (κ2) is 8.71. The molecule has 0 aromatic heterocycles. The van der Waals surface area contributed by atoms with E-state index in [1.54, 1.807) is 0 Å². The molecule has 3 nitrogen and oxygen atoms in total. The van der Waals surface area contributed by atoms with Crippen molar-refractivity contribution in [2.75, 3.05) is 13.2 Å². The maximum absolute atomic E-state index is 10.5. The molecule has 0 heterocycles. The minimum Gasteiger partial charge on any atom is -0.491 e. The van der Waals surface area contributed by atoms with Gasteiger partial charge in [-0.25, -0.2) is 0 Å². The third kappa shape index (κ3) is 3.95. The standard InChI is InChI=1S/C28H43NO2/c1-27-16-7-6-8-20(27)11-12-23-24-13-14-26(28(24,2)17-15-25(23)27)29-18-21(30)19-31-22-9-4-3-5-10-22/h3-5,9-10,20-21,23-26,29-30H,6-8,11-19H2,1-2H3/t20-,21-,23-,24-,25-,26+,27-,28-/m0/s1. The Balaban J connectivity index is 1.18. The van der Waals surface area contributed by atoms with Crippen LogP contribution in [0, 0.1) is 34.5 Å². The highest BCUT2D eigenvalue weighted by Gasteiger charge is 2.59. The Morgan fingerprint density at radius 1 is 0.935 bits per heavy atom. The molecule has 1 aromatic carbocycles. The highest BCUT2D eigenvalue weighted by molar-refractivity contribution is 5.21. The van der Waals surface area contributed by atoms with Gasteiger partial charge in [0, 0.05) is 12.6 Å². The number of rotatable bonds is 6. The number of aliphatic hydroxyl groups excluding tert-OH is 1. The smallest absolute Gasteiger partial charge is 0.119 e. The van der Waals surface area contributed by atoms with Gasteiger partial charge in [-0.2, -0.15) is 0 Å². The maximum atomic E-state index is 10.5. The van der Waals surface area contributed by atoms with Crippen molar-refractivity contribution in [2.24, 2.45) is 34.5 Å². The van der Waals surface area contributed by atoms with Gasteiger partial charge in [0.2, 0.25) is 0 Å². The van der Waals surface area contributed by atoms with Gasteiger partial charge >= 0.3 is 0 Å². The summed E-state index contributed by atoms with van der Waals surface area (Å²) in [5.74, 6) is 4.62. The van der Waals surface area contributed by atoms with Gasteiger partial charge in [0.05, 0.1) is 0 Å². The summed E-state index contributed by atoms with van der Waals surface area (Å²) >= 11 is 0. The van der Waals surface area contributed by atoms with Crippen molar-refractivity contribution in [1.82, 2.24) is 5.32 Å². The average Bonchev–Trinajstić information content (AvgIpc) is 3.13. The van der Waals surface area contributed by atoms with Crippen LogP contribution >= 0.6 is 0 Å². The van der Waals surface area contributed by atoms with E-state index in [1.165, 1.54) is 64.2 Å². The van der Waals surface area contributed by atoms with Crippen LogP contribution in [0.3, 0.4) is 0 Å². The summed E-state index contributed by atoms with van der Waals surface area (Å²) in [6.07, 6.45) is 13.9. The minimum atomic E-state index is -0.462. The SMILES string of the molecule is C[C@]12CCCC[C@H]1CC[C@@H]1[C@@H]2CC[C@]2(C)[C@H](NC[C@H](O)COc3ccccc3)CC[C@@H]12. The molecule has 4 fully saturated rings. The van der Waals surface area contributed by atoms with Crippen molar-refractivity contribution < 1.29 is 9.84 Å². The fourth-order valence-corrected chi connectivity index (χ4v) is 8.68. The topological polar surface area (TPSA) is 41.5 Å². The number of ether oxygens (including phenoxy) is 1. The van der Waals surface area contributed by atoms with Crippen molar-refractivity contribution >= 4 is 0 Å². The van der Waals surface area contributed by atoms with E-state index in [0.29, 0.717) is 30.0 Å². The van der Waals surface area contributed by atoms with E-state index in [2.05, 4.69) is 19.2 Å². The highest BCUT2D eigenvalue weighted by atomic mass is 16.5. The Kier molecular flexibility index (Phi) is 6.11. The van der Waals surface area contributed by atoms with E-state index in [9.17, 15) is 5.11 Å². The first kappa shape index (κ1) is 21.8. The zero-order chi connectivity index (χ0) is 21.5. The Labute approximate surface area is 189 Å². The van der Waals surface area contributed by atoms with Crippen LogP contribution < -0.4 is 10.1 Å². The molecule has 0 saturated heterocycles. The van der Waals surface area contributed by atoms with Crippen LogP contribution in [0.1, 0.15) is 78.1 Å². The molecule has 0 bridgehead atoms. The molecule has 2 N–H and O–H groups in total. The quantitative estimate of drug-likeness (QED) is 0.604. The van der Waals surface area contributed by atoms with Crippen molar-refractivity contribution in [1.29, 1.82) is 0 Å². The van der Waals surface area contributed by atoms with Gasteiger partial charge in [-0.05, 0) is 98.0 Å². The molecule has 3 heteroatoms. The highest BCUT2D eigenvalue weighted by Crippen LogP contribution is 2.66. The Hall–Kier alpha value is -1.06. The van der Waals surface area contributed by atoms with Gasteiger partial charge in [-0.15, -0.1) is 0 Å². The van der Waals surface area contributed by atoms with Crippen LogP contribution in [0.4, 0.5) is 0 Å². The van der Waals surface area contributed by atoms with Crippen LogP contribution in [-0.4, -0.2) is 30.4 Å². The second-order valence-corrected chi connectivity index (χ2v) is 11.8. The molecule has 0 amide bonds. The van der Waals surface area contributed by atoms with E-state index in [-0.39, 0.29) is 0 Å². The number of aliphatic hydroxyl groups is 1. The zero-order valence-electron chi connectivity index (χ0n) is 19.7. The van der Waals surface area contributed by atoms with Gasteiger partial charge in [-0.1, -0.05) is 44.9 Å². The maximum Gasteiger partial charge on any atom is 0.119 e. The minimum absolute atomic E-state index is 0.355. The van der Waals surface area contributed by atoms with Gasteiger partial charge in [0.1, 0.15) is 18.5 Å². The number of fused-ring (bicyclic) bond motifs is 5. The van der Waals surface area contributed by atoms with E-state index in [0.717, 1.165) is 29.4 Å². The van der Waals surface area contributed by atoms with Gasteiger partial charge in [0.15, 0.2) is 0 Å². The summed E-state index contributed by atoms with van der Waals surface area (Å²) < 4.78 is 5.76. The van der Waals surface area contributed by atoms with Crippen molar-refractivity contribution in [3.05, 3.63) is 30.3 Å². The van der Waals surface area contributed by atoms with E-state index in [1.807, 2.05) is 30.3 Å². The van der Waals surface area contributed by atoms with Crippen LogP contribution in [0.15, 0.2) is 30.3 Å². The molecule has 4 aliphatic rings. The number of hydrogen-bond donors (Lipinski definition) is 2. The summed E-state index contributed by atoms with van der Waals surface area (Å²) in [7, 11) is 0. The molecule has 0 aliphatic heterocycles. The molecule has 1 aromatic rings. The van der Waals surface area contributed by atoms with Crippen molar-refractivity contribution in [3.8, 4) is 5.75 Å². The molecule has 31 heavy (non-hydrogen) atoms. The summed E-state index contributed by atoms with van der Waals surface area (Å²) in [6.45, 7) is 6.23. The van der Waals surface area contributed by atoms with E-state index in [4.69, 9.17) is 4.74 Å². The Bertz CT molecular complexity index is 738. The van der Waals surface area contributed by atoms with Crippen LogP contribution in [0.2, 0.25) is 0 Å². The summed E-state index contributed by atoms with van der Waals surface area (Å²) in [6, 6.07) is 10.4. The lowest BCUT2D eigenvalue weighted by Crippen LogP contribution is -2.55. The molecule has 0 unspecified atom stereocenters. The summed E-state index contributed by atoms with van der Waals surface area (Å²) in [5.41, 5.74) is 1.03. The molecular formula is C28H43NO2. The number of benzene rings is 1. The summed E-state index contributed by atoms with van der Waals surface area (Å²) in [4.78, 5) is 0. The van der Waals surface area contributed by atoms with Crippen molar-refractivity contribution in [2.45, 2.75) is 90.2 Å². The molecule has 172 valence electrons. The Morgan fingerprint density at radius 3 is 2.58 bits per heavy atom. The van der Waals surface area contributed by atoms with Crippen LogP contribution in [-0.2, 0) is 0 Å². The number of hydrogen-bond acceptors (Lipinski definition) is 3. The van der Waals surface area contributed by atoms with Gasteiger partial charge in [-0.3, -0.25) is 0 Å². The first-order chi connectivity index (χ1) is 15.0. The van der Waals surface area contributed by atoms with E-state index < -0.39 is 6.10 Å². The molecule has 8 atom stereocenters. The molecule has 0 spiro atoms. The summed E-state index contributed by atoms with van der Waals surface area (Å²) in [5, 5.41) is 14.3. The number of nitrogens with one attached hydrogen (secondary N) is 1. The molecule has 4 aliphatic carbocycles. The Morgan fingerprint density at radius 2 is 1.74 bits per heavy atom. The van der Waals surface area contributed by atoms with Gasteiger partial charge in [0.25, 0.3) is 0 Å². The molecule has 0 radical (unpaired) electrons. The fraction of sp³-hybridized carbons (Fsp3) is 0.786. The normalized spacial score (nSPS) is 42.9. The third-order valence-corrected chi connectivity index (χ3v) is 10.4. The van der Waals surface area contributed by atoms with Crippen molar-refractivity contribution in [3.63, 3.8) is 0 Å². The second-order valence-electron chi connectivity index (χ2n) is 11.8. The molecule has 5 rings (SSSR count). The van der Waals surface area contributed by atoms with E-state index >= 15 is 0 Å². The lowest BCUT2D eigenvalue weighted by atomic mass is 9.45. The predicted molar refractivity (Wildman–Crippen MR) is 126 cm³/mol. The third-order valence-electron chi connectivity index (χ3n) is 10.4. The fourth-order valence-electron chi connectivity index (χ4n) is 8.68. The van der Waals surface area contributed by atoms with Gasteiger partial charge < -0.3 is 15.2 Å². The zero-order valence-corrected chi connectivity index (χ0v) is 19.7. The lowest BCUT2D eigenvalue weighted by Gasteiger charge is -2.60. The van der Waals surface area contributed by atoms with Crippen LogP contribution in [0.25, 0.3) is 0 Å². The average molecular weight is 426 g/mol. The predicted octanol–water partition coefficient (Wildman–Crippen LogP) is 5.82. The lowest BCUT2D eigenvalue weighted by molar-refractivity contribution is -0.107. The largest absolute Gasteiger partial charge is 0.491 e. The first-order valence-electron chi connectivity index (χ1n) is 13.1. The number of para-hydroxylation sites is 1. The first-order valence-corrected chi connectivity index (χ1v) is 13.1. The van der Waals surface area contributed by atoms with Crippen LogP contribution in [0.5, 0.6) is 5.75 Å². The molecular weight excluding hydrogens is 382 g/mol.